The van der Waals surface area contributed by atoms with Crippen LogP contribution >= 0.6 is 24.0 Å². The van der Waals surface area contributed by atoms with Gasteiger partial charge in [-0.05, 0) is 26.8 Å². The maximum atomic E-state index is 5.47. The van der Waals surface area contributed by atoms with Crippen LogP contribution in [-0.4, -0.2) is 60.8 Å². The summed E-state index contributed by atoms with van der Waals surface area (Å²) in [5, 5.41) is 3.47. The first kappa shape index (κ1) is 22.2. The average molecular weight is 487 g/mol. The average Bonchev–Trinajstić information content (AvgIpc) is 2.64. The number of nitrogens with one attached hydrogen (secondary N) is 1. The van der Waals surface area contributed by atoms with Gasteiger partial charge in [-0.2, -0.15) is 0 Å². The fraction of sp³-hybridized carbons (Fsp3) is 0.700. The minimum absolute atomic E-state index is 0. The third kappa shape index (κ3) is 4.50. The molecule has 3 heterocycles. The summed E-state index contributed by atoms with van der Waals surface area (Å²) in [5.41, 5.74) is 1.55. The van der Waals surface area contributed by atoms with Crippen LogP contribution in [0.15, 0.2) is 23.3 Å². The van der Waals surface area contributed by atoms with Crippen molar-refractivity contribution in [3.63, 3.8) is 0 Å². The highest BCUT2D eigenvalue weighted by Gasteiger charge is 2.53. The van der Waals surface area contributed by atoms with Crippen LogP contribution in [0.5, 0.6) is 0 Å². The van der Waals surface area contributed by atoms with E-state index in [1.54, 1.807) is 0 Å². The zero-order valence-electron chi connectivity index (χ0n) is 17.3. The summed E-state index contributed by atoms with van der Waals surface area (Å²) in [6.07, 6.45) is 1.87. The Balaban J connectivity index is 0.00000261. The van der Waals surface area contributed by atoms with Gasteiger partial charge in [0.15, 0.2) is 5.96 Å². The second-order valence-corrected chi connectivity index (χ2v) is 8.28. The van der Waals surface area contributed by atoms with E-state index in [2.05, 4.69) is 60.8 Å². The topological polar surface area (TPSA) is 53.0 Å². The number of anilines is 1. The molecular weight excluding hydrogens is 453 g/mol. The Labute approximate surface area is 180 Å². The molecule has 0 bridgehead atoms. The summed E-state index contributed by atoms with van der Waals surface area (Å²) in [4.78, 5) is 14.3. The van der Waals surface area contributed by atoms with Crippen LogP contribution in [0.3, 0.4) is 0 Å². The number of likely N-dealkylation sites (tertiary alicyclic amines) is 1. The summed E-state index contributed by atoms with van der Waals surface area (Å²) in [5.74, 6) is 2.03. The molecular formula is C20H34IN5O. The molecule has 1 aromatic heterocycles. The molecule has 6 nitrogen and oxygen atoms in total. The molecule has 2 saturated heterocycles. The van der Waals surface area contributed by atoms with E-state index < -0.39 is 0 Å². The lowest BCUT2D eigenvalue weighted by molar-refractivity contribution is -0.0667. The first-order valence-corrected chi connectivity index (χ1v) is 9.69. The van der Waals surface area contributed by atoms with E-state index in [9.17, 15) is 0 Å². The van der Waals surface area contributed by atoms with Gasteiger partial charge in [-0.3, -0.25) is 0 Å². The van der Waals surface area contributed by atoms with Gasteiger partial charge >= 0.3 is 0 Å². The van der Waals surface area contributed by atoms with Crippen molar-refractivity contribution in [1.29, 1.82) is 0 Å². The Kier molecular flexibility index (Phi) is 7.35. The standard InChI is InChI=1S/C20H33N5O.HI/c1-6-21-18(25-15-19(2,3)20(25,4)5)23-14-16-8-7-9-22-17(16)24-10-12-26-13-11-24;/h7-9H,6,10-15H2,1-5H3,(H,21,23);1H. The van der Waals surface area contributed by atoms with E-state index in [1.807, 2.05) is 12.3 Å². The molecule has 0 unspecified atom stereocenters. The Morgan fingerprint density at radius 3 is 2.56 bits per heavy atom. The van der Waals surface area contributed by atoms with Gasteiger partial charge in [-0.15, -0.1) is 24.0 Å². The number of aliphatic imine (C=N–C) groups is 1. The number of morpholine rings is 1. The molecule has 7 heteroatoms. The molecule has 0 amide bonds. The molecule has 152 valence electrons. The van der Waals surface area contributed by atoms with Crippen molar-refractivity contribution in [2.75, 3.05) is 44.3 Å². The number of hydrogen-bond donors (Lipinski definition) is 1. The molecule has 2 fully saturated rings. The maximum Gasteiger partial charge on any atom is 0.194 e. The predicted octanol–water partition coefficient (Wildman–Crippen LogP) is 3.12. The lowest BCUT2D eigenvalue weighted by Gasteiger charge is -2.62. The smallest absolute Gasteiger partial charge is 0.194 e. The zero-order chi connectivity index (χ0) is 18.8. The highest BCUT2D eigenvalue weighted by Crippen LogP contribution is 2.46. The number of ether oxygens (including phenoxy) is 1. The van der Waals surface area contributed by atoms with E-state index in [1.165, 1.54) is 5.56 Å². The van der Waals surface area contributed by atoms with Crippen molar-refractivity contribution in [2.24, 2.45) is 10.4 Å². The Morgan fingerprint density at radius 2 is 1.96 bits per heavy atom. The van der Waals surface area contributed by atoms with Gasteiger partial charge in [0.05, 0.1) is 19.8 Å². The Morgan fingerprint density at radius 1 is 1.26 bits per heavy atom. The highest BCUT2D eigenvalue weighted by molar-refractivity contribution is 14.0. The number of hydrogen-bond acceptors (Lipinski definition) is 4. The fourth-order valence-corrected chi connectivity index (χ4v) is 3.57. The minimum atomic E-state index is 0. The molecule has 2 aliphatic rings. The van der Waals surface area contributed by atoms with Crippen molar-refractivity contribution in [1.82, 2.24) is 15.2 Å². The number of nitrogens with zero attached hydrogens (tertiary/aromatic N) is 4. The molecule has 1 N–H and O–H groups in total. The molecule has 0 radical (unpaired) electrons. The Bertz CT molecular complexity index is 656. The van der Waals surface area contributed by atoms with E-state index in [0.29, 0.717) is 6.54 Å². The molecule has 1 aromatic rings. The molecule has 27 heavy (non-hydrogen) atoms. The summed E-state index contributed by atoms with van der Waals surface area (Å²) in [6, 6.07) is 4.13. The van der Waals surface area contributed by atoms with E-state index >= 15 is 0 Å². The quantitative estimate of drug-likeness (QED) is 0.402. The second-order valence-electron chi connectivity index (χ2n) is 8.28. The predicted molar refractivity (Wildman–Crippen MR) is 122 cm³/mol. The number of pyridine rings is 1. The van der Waals surface area contributed by atoms with Gasteiger partial charge in [-0.25, -0.2) is 9.98 Å². The van der Waals surface area contributed by atoms with Crippen LogP contribution < -0.4 is 10.2 Å². The van der Waals surface area contributed by atoms with E-state index in [0.717, 1.165) is 51.2 Å². The van der Waals surface area contributed by atoms with Crippen LogP contribution in [0.4, 0.5) is 5.82 Å². The zero-order valence-corrected chi connectivity index (χ0v) is 19.6. The van der Waals surface area contributed by atoms with Crippen molar-refractivity contribution >= 4 is 35.8 Å². The van der Waals surface area contributed by atoms with Crippen LogP contribution in [0, 0.1) is 5.41 Å². The largest absolute Gasteiger partial charge is 0.378 e. The van der Waals surface area contributed by atoms with Crippen molar-refractivity contribution in [3.8, 4) is 0 Å². The van der Waals surface area contributed by atoms with Crippen LogP contribution in [0.2, 0.25) is 0 Å². The Hall–Kier alpha value is -1.09. The SMILES string of the molecule is CCNC(=NCc1cccnc1N1CCOCC1)N1CC(C)(C)C1(C)C.I. The highest BCUT2D eigenvalue weighted by atomic mass is 127. The minimum Gasteiger partial charge on any atom is -0.378 e. The van der Waals surface area contributed by atoms with Crippen LogP contribution in [0.1, 0.15) is 40.2 Å². The lowest BCUT2D eigenvalue weighted by Crippen LogP contribution is -2.72. The lowest BCUT2D eigenvalue weighted by atomic mass is 9.65. The number of halogens is 1. The summed E-state index contributed by atoms with van der Waals surface area (Å²) < 4.78 is 5.47. The number of rotatable bonds is 4. The van der Waals surface area contributed by atoms with Gasteiger partial charge in [0.25, 0.3) is 0 Å². The van der Waals surface area contributed by atoms with Gasteiger partial charge in [-0.1, -0.05) is 19.9 Å². The maximum absolute atomic E-state index is 5.47. The summed E-state index contributed by atoms with van der Waals surface area (Å²) >= 11 is 0. The molecule has 0 aromatic carbocycles. The van der Waals surface area contributed by atoms with Crippen molar-refractivity contribution < 1.29 is 4.74 Å². The van der Waals surface area contributed by atoms with E-state index in [4.69, 9.17) is 9.73 Å². The number of guanidine groups is 1. The summed E-state index contributed by atoms with van der Waals surface area (Å²) in [6.45, 7) is 17.2. The molecule has 0 spiro atoms. The fourth-order valence-electron chi connectivity index (χ4n) is 3.57. The van der Waals surface area contributed by atoms with Crippen LogP contribution in [0.25, 0.3) is 0 Å². The van der Waals surface area contributed by atoms with Gasteiger partial charge < -0.3 is 19.9 Å². The van der Waals surface area contributed by atoms with Gasteiger partial charge in [0.2, 0.25) is 0 Å². The second kappa shape index (κ2) is 8.94. The molecule has 0 atom stereocenters. The number of aromatic nitrogens is 1. The normalized spacial score (nSPS) is 21.3. The monoisotopic (exact) mass is 487 g/mol. The first-order valence-electron chi connectivity index (χ1n) is 9.69. The van der Waals surface area contributed by atoms with Crippen molar-refractivity contribution in [2.45, 2.75) is 46.7 Å². The third-order valence-electron chi connectivity index (χ3n) is 6.05. The van der Waals surface area contributed by atoms with E-state index in [-0.39, 0.29) is 34.9 Å². The summed E-state index contributed by atoms with van der Waals surface area (Å²) in [7, 11) is 0. The van der Waals surface area contributed by atoms with Crippen molar-refractivity contribution in [3.05, 3.63) is 23.9 Å². The molecule has 0 saturated carbocycles. The molecule has 2 aliphatic heterocycles. The van der Waals surface area contributed by atoms with Gasteiger partial charge in [0.1, 0.15) is 5.82 Å². The molecule has 0 aliphatic carbocycles. The molecule has 3 rings (SSSR count). The van der Waals surface area contributed by atoms with Crippen LogP contribution in [-0.2, 0) is 11.3 Å². The first-order chi connectivity index (χ1) is 12.4. The third-order valence-corrected chi connectivity index (χ3v) is 6.05. The van der Waals surface area contributed by atoms with Gasteiger partial charge in [0, 0.05) is 48.9 Å².